The summed E-state index contributed by atoms with van der Waals surface area (Å²) in [6.07, 6.45) is -0.358. The van der Waals surface area contributed by atoms with Gasteiger partial charge in [-0.1, -0.05) is 0 Å². The number of primary amides is 2. The molecule has 0 rings (SSSR count). The van der Waals surface area contributed by atoms with Crippen molar-refractivity contribution in [1.29, 1.82) is 0 Å². The molecule has 5 N–H and O–H groups in total. The number of amides is 3. The first kappa shape index (κ1) is 15.9. The molecule has 18 heavy (non-hydrogen) atoms. The lowest BCUT2D eigenvalue weighted by atomic mass is 9.89. The number of aliphatic carboxylic acids is 1. The molecular weight excluding hydrogens is 242 g/mol. The van der Waals surface area contributed by atoms with Crippen LogP contribution in [0, 0.1) is 5.41 Å². The van der Waals surface area contributed by atoms with Gasteiger partial charge in [0.2, 0.25) is 17.7 Å². The van der Waals surface area contributed by atoms with Gasteiger partial charge in [-0.2, -0.15) is 0 Å². The second-order valence-corrected chi connectivity index (χ2v) is 4.55. The van der Waals surface area contributed by atoms with Gasteiger partial charge in [0.1, 0.15) is 0 Å². The molecule has 0 saturated heterocycles. The van der Waals surface area contributed by atoms with Crippen molar-refractivity contribution in [1.82, 2.24) is 4.90 Å². The van der Waals surface area contributed by atoms with Crippen LogP contribution in [0.5, 0.6) is 0 Å². The molecule has 8 nitrogen and oxygen atoms in total. The maximum Gasteiger partial charge on any atom is 0.309 e. The third-order valence-electron chi connectivity index (χ3n) is 2.22. The van der Waals surface area contributed by atoms with E-state index in [4.69, 9.17) is 16.6 Å². The Labute approximate surface area is 104 Å². The van der Waals surface area contributed by atoms with Crippen molar-refractivity contribution in [3.8, 4) is 0 Å². The standard InChI is InChI=1S/C10H17N3O5/c1-10(2,9(17)18)3-8(16)13(4-6(11)14)5-7(12)15/h3-5H2,1-2H3,(H2,11,14)(H2,12,15)(H,17,18). The number of carboxylic acid groups (broad SMARTS) is 1. The Bertz CT molecular complexity index is 362. The molecule has 0 aromatic rings. The summed E-state index contributed by atoms with van der Waals surface area (Å²) >= 11 is 0. The smallest absolute Gasteiger partial charge is 0.309 e. The lowest BCUT2D eigenvalue weighted by Gasteiger charge is -2.24. The van der Waals surface area contributed by atoms with Crippen LogP contribution in [0.1, 0.15) is 20.3 Å². The average molecular weight is 259 g/mol. The van der Waals surface area contributed by atoms with Crippen LogP contribution in [0.2, 0.25) is 0 Å². The molecule has 0 heterocycles. The Hall–Kier alpha value is -2.12. The second-order valence-electron chi connectivity index (χ2n) is 4.55. The highest BCUT2D eigenvalue weighted by Crippen LogP contribution is 2.21. The maximum atomic E-state index is 11.8. The van der Waals surface area contributed by atoms with Crippen molar-refractivity contribution in [2.24, 2.45) is 16.9 Å². The number of nitrogens with two attached hydrogens (primary N) is 2. The number of hydrogen-bond donors (Lipinski definition) is 3. The third kappa shape index (κ3) is 5.28. The highest BCUT2D eigenvalue weighted by Gasteiger charge is 2.32. The Morgan fingerprint density at radius 2 is 1.44 bits per heavy atom. The SMILES string of the molecule is CC(C)(CC(=O)N(CC(N)=O)CC(N)=O)C(=O)O. The summed E-state index contributed by atoms with van der Waals surface area (Å²) in [5.41, 5.74) is 8.56. The van der Waals surface area contributed by atoms with E-state index in [2.05, 4.69) is 0 Å². The molecule has 0 aromatic carbocycles. The first-order chi connectivity index (χ1) is 8.06. The molecule has 0 spiro atoms. The van der Waals surface area contributed by atoms with Gasteiger partial charge in [0, 0.05) is 6.42 Å². The topological polar surface area (TPSA) is 144 Å². The Morgan fingerprint density at radius 1 is 1.06 bits per heavy atom. The molecule has 0 unspecified atom stereocenters. The quantitative estimate of drug-likeness (QED) is 0.498. The van der Waals surface area contributed by atoms with Gasteiger partial charge in [-0.05, 0) is 13.8 Å². The van der Waals surface area contributed by atoms with E-state index in [0.717, 1.165) is 4.90 Å². The van der Waals surface area contributed by atoms with Gasteiger partial charge in [0.05, 0.1) is 18.5 Å². The van der Waals surface area contributed by atoms with Crippen LogP contribution in [0.15, 0.2) is 0 Å². The summed E-state index contributed by atoms with van der Waals surface area (Å²) in [6.45, 7) is 1.77. The van der Waals surface area contributed by atoms with Crippen molar-refractivity contribution >= 4 is 23.7 Å². The van der Waals surface area contributed by atoms with Gasteiger partial charge in [-0.15, -0.1) is 0 Å². The fourth-order valence-electron chi connectivity index (χ4n) is 1.17. The first-order valence-corrected chi connectivity index (χ1v) is 5.14. The fourth-order valence-corrected chi connectivity index (χ4v) is 1.17. The molecule has 3 amide bonds. The molecule has 102 valence electrons. The third-order valence-corrected chi connectivity index (χ3v) is 2.22. The van der Waals surface area contributed by atoms with Crippen LogP contribution < -0.4 is 11.5 Å². The van der Waals surface area contributed by atoms with E-state index in [-0.39, 0.29) is 6.42 Å². The highest BCUT2D eigenvalue weighted by atomic mass is 16.4. The molecule has 0 fully saturated rings. The Kier molecular flexibility index (Phi) is 5.28. The molecule has 0 aliphatic rings. The van der Waals surface area contributed by atoms with Crippen LogP contribution in [0.3, 0.4) is 0 Å². The van der Waals surface area contributed by atoms with E-state index in [1.54, 1.807) is 0 Å². The van der Waals surface area contributed by atoms with E-state index in [1.807, 2.05) is 0 Å². The zero-order valence-electron chi connectivity index (χ0n) is 10.3. The number of nitrogens with zero attached hydrogens (tertiary/aromatic N) is 1. The molecule has 0 aliphatic carbocycles. The van der Waals surface area contributed by atoms with Crippen LogP contribution >= 0.6 is 0 Å². The van der Waals surface area contributed by atoms with Crippen molar-refractivity contribution in [2.45, 2.75) is 20.3 Å². The van der Waals surface area contributed by atoms with Gasteiger partial charge in [0.25, 0.3) is 0 Å². The Morgan fingerprint density at radius 3 is 1.72 bits per heavy atom. The van der Waals surface area contributed by atoms with E-state index in [1.165, 1.54) is 13.8 Å². The predicted molar refractivity (Wildman–Crippen MR) is 61.0 cm³/mol. The maximum absolute atomic E-state index is 11.8. The lowest BCUT2D eigenvalue weighted by molar-refractivity contribution is -0.152. The molecule has 0 aliphatic heterocycles. The van der Waals surface area contributed by atoms with Crippen LogP contribution in [-0.4, -0.2) is 46.8 Å². The van der Waals surface area contributed by atoms with Crippen LogP contribution in [-0.2, 0) is 19.2 Å². The van der Waals surface area contributed by atoms with Crippen molar-refractivity contribution < 1.29 is 24.3 Å². The summed E-state index contributed by atoms with van der Waals surface area (Å²) in [6, 6.07) is 0. The van der Waals surface area contributed by atoms with E-state index >= 15 is 0 Å². The van der Waals surface area contributed by atoms with Crippen molar-refractivity contribution in [2.75, 3.05) is 13.1 Å². The minimum absolute atomic E-state index is 0.358. The largest absolute Gasteiger partial charge is 0.481 e. The normalized spacial score (nSPS) is 10.8. The van der Waals surface area contributed by atoms with Crippen molar-refractivity contribution in [3.05, 3.63) is 0 Å². The van der Waals surface area contributed by atoms with Gasteiger partial charge >= 0.3 is 5.97 Å². The minimum Gasteiger partial charge on any atom is -0.481 e. The number of rotatable bonds is 7. The number of hydrogen-bond acceptors (Lipinski definition) is 4. The zero-order chi connectivity index (χ0) is 14.5. The van der Waals surface area contributed by atoms with Gasteiger partial charge in [-0.3, -0.25) is 19.2 Å². The zero-order valence-corrected chi connectivity index (χ0v) is 10.3. The van der Waals surface area contributed by atoms with E-state index < -0.39 is 42.2 Å². The van der Waals surface area contributed by atoms with Crippen LogP contribution in [0.4, 0.5) is 0 Å². The van der Waals surface area contributed by atoms with E-state index in [0.29, 0.717) is 0 Å². The summed E-state index contributed by atoms with van der Waals surface area (Å²) in [5.74, 6) is -3.44. The molecular formula is C10H17N3O5. The summed E-state index contributed by atoms with van der Waals surface area (Å²) in [4.78, 5) is 45.0. The Balaban J connectivity index is 4.80. The minimum atomic E-state index is -1.30. The number of carbonyl (C=O) groups is 4. The molecule has 8 heteroatoms. The summed E-state index contributed by atoms with van der Waals surface area (Å²) in [5, 5.41) is 8.88. The second kappa shape index (κ2) is 5.99. The fraction of sp³-hybridized carbons (Fsp3) is 0.600. The van der Waals surface area contributed by atoms with Gasteiger partial charge in [0.15, 0.2) is 0 Å². The molecule has 0 atom stereocenters. The van der Waals surface area contributed by atoms with E-state index in [9.17, 15) is 19.2 Å². The first-order valence-electron chi connectivity index (χ1n) is 5.14. The molecule has 0 radical (unpaired) electrons. The summed E-state index contributed by atoms with van der Waals surface area (Å²) < 4.78 is 0. The summed E-state index contributed by atoms with van der Waals surface area (Å²) in [7, 11) is 0. The van der Waals surface area contributed by atoms with Gasteiger partial charge in [-0.25, -0.2) is 0 Å². The molecule has 0 aromatic heterocycles. The highest BCUT2D eigenvalue weighted by molar-refractivity contribution is 5.90. The van der Waals surface area contributed by atoms with Gasteiger partial charge < -0.3 is 21.5 Å². The number of carboxylic acids is 1. The average Bonchev–Trinajstić information content (AvgIpc) is 2.13. The monoisotopic (exact) mass is 259 g/mol. The predicted octanol–water partition coefficient (Wildman–Crippen LogP) is -1.71. The lowest BCUT2D eigenvalue weighted by Crippen LogP contribution is -2.45. The van der Waals surface area contributed by atoms with Crippen LogP contribution in [0.25, 0.3) is 0 Å². The molecule has 0 bridgehead atoms. The number of carbonyl (C=O) groups excluding carboxylic acids is 3. The van der Waals surface area contributed by atoms with Crippen molar-refractivity contribution in [3.63, 3.8) is 0 Å². The molecule has 0 saturated carbocycles.